The van der Waals surface area contributed by atoms with Crippen LogP contribution in [-0.4, -0.2) is 24.6 Å². The van der Waals surface area contributed by atoms with Crippen LogP contribution in [0, 0.1) is 0 Å². The Morgan fingerprint density at radius 1 is 1.09 bits per heavy atom. The lowest BCUT2D eigenvalue weighted by molar-refractivity contribution is -0.122. The van der Waals surface area contributed by atoms with Crippen LogP contribution in [0.15, 0.2) is 57.7 Å². The second-order valence-corrected chi connectivity index (χ2v) is 9.08. The number of amides is 1. The first-order chi connectivity index (χ1) is 15.3. The molecule has 0 saturated carbocycles. The number of aryl methyl sites for hydroxylation is 2. The number of carbonyl (C=O) groups is 1. The van der Waals surface area contributed by atoms with Crippen LogP contribution in [0.3, 0.4) is 0 Å². The first-order valence-electron chi connectivity index (χ1n) is 10.3. The van der Waals surface area contributed by atoms with E-state index >= 15 is 0 Å². The predicted molar refractivity (Wildman–Crippen MR) is 125 cm³/mol. The summed E-state index contributed by atoms with van der Waals surface area (Å²) >= 11 is 1.54. The van der Waals surface area contributed by atoms with E-state index in [0.29, 0.717) is 11.6 Å². The molecule has 0 aliphatic carbocycles. The van der Waals surface area contributed by atoms with Gasteiger partial charge in [-0.3, -0.25) is 14.2 Å². The number of fused-ring (bicyclic) bond motifs is 1. The molecule has 0 aliphatic heterocycles. The number of thiophene rings is 1. The van der Waals surface area contributed by atoms with Gasteiger partial charge < -0.3 is 9.88 Å². The second kappa shape index (κ2) is 8.58. The Kier molecular flexibility index (Phi) is 5.84. The molecule has 166 valence electrons. The van der Waals surface area contributed by atoms with E-state index in [4.69, 9.17) is 0 Å². The van der Waals surface area contributed by atoms with E-state index in [1.807, 2.05) is 29.6 Å². The maximum atomic E-state index is 13.0. The average Bonchev–Trinajstić information content (AvgIpc) is 3.44. The Balaban J connectivity index is 1.66. The summed E-state index contributed by atoms with van der Waals surface area (Å²) in [5.74, 6) is -0.0131. The highest BCUT2D eigenvalue weighted by molar-refractivity contribution is 7.10. The SMILES string of the molecule is CC(C)c1ccc(C(NC(=O)Cn2c(=O)c3c(ncn3C)n(C)c2=O)c2cccs2)cc1. The third kappa shape index (κ3) is 3.91. The van der Waals surface area contributed by atoms with E-state index in [0.717, 1.165) is 15.0 Å². The van der Waals surface area contributed by atoms with Gasteiger partial charge in [0.25, 0.3) is 5.56 Å². The summed E-state index contributed by atoms with van der Waals surface area (Å²) in [7, 11) is 3.22. The molecule has 9 heteroatoms. The number of aromatic nitrogens is 4. The van der Waals surface area contributed by atoms with E-state index < -0.39 is 17.2 Å². The van der Waals surface area contributed by atoms with E-state index in [2.05, 4.69) is 36.3 Å². The summed E-state index contributed by atoms with van der Waals surface area (Å²) in [6, 6.07) is 11.6. The molecule has 3 aromatic heterocycles. The van der Waals surface area contributed by atoms with Crippen molar-refractivity contribution < 1.29 is 4.79 Å². The van der Waals surface area contributed by atoms with Crippen LogP contribution < -0.4 is 16.6 Å². The van der Waals surface area contributed by atoms with E-state index in [9.17, 15) is 14.4 Å². The van der Waals surface area contributed by atoms with Crippen LogP contribution in [-0.2, 0) is 25.4 Å². The van der Waals surface area contributed by atoms with Gasteiger partial charge in [0.05, 0.1) is 12.4 Å². The molecule has 1 unspecified atom stereocenters. The number of nitrogens with one attached hydrogen (secondary N) is 1. The standard InChI is InChI=1S/C23H25N5O3S/c1-14(2)15-7-9-16(10-8-15)19(17-6-5-11-32-17)25-18(29)12-28-22(30)20-21(24-13-26(20)3)27(4)23(28)31/h5-11,13-14,19H,12H2,1-4H3,(H,25,29). The summed E-state index contributed by atoms with van der Waals surface area (Å²) < 4.78 is 3.79. The fourth-order valence-electron chi connectivity index (χ4n) is 3.73. The molecule has 0 aliphatic rings. The Labute approximate surface area is 188 Å². The van der Waals surface area contributed by atoms with Crippen LogP contribution in [0.2, 0.25) is 0 Å². The first kappa shape index (κ1) is 21.8. The maximum absolute atomic E-state index is 13.0. The number of nitrogens with zero attached hydrogens (tertiary/aromatic N) is 4. The summed E-state index contributed by atoms with van der Waals surface area (Å²) in [5.41, 5.74) is 1.61. The molecule has 4 rings (SSSR count). The molecular formula is C23H25N5O3S. The third-order valence-corrected chi connectivity index (χ3v) is 6.51. The molecule has 1 amide bonds. The van der Waals surface area contributed by atoms with Gasteiger partial charge in [0.1, 0.15) is 6.54 Å². The third-order valence-electron chi connectivity index (χ3n) is 5.57. The molecule has 0 fully saturated rings. The van der Waals surface area contributed by atoms with Gasteiger partial charge in [-0.15, -0.1) is 11.3 Å². The van der Waals surface area contributed by atoms with Crippen molar-refractivity contribution in [3.63, 3.8) is 0 Å². The number of hydrogen-bond acceptors (Lipinski definition) is 5. The highest BCUT2D eigenvalue weighted by atomic mass is 32.1. The number of benzene rings is 1. The number of imidazole rings is 1. The molecule has 0 spiro atoms. The normalized spacial score (nSPS) is 12.4. The van der Waals surface area contributed by atoms with Gasteiger partial charge in [-0.05, 0) is 28.5 Å². The minimum atomic E-state index is -0.578. The van der Waals surface area contributed by atoms with Gasteiger partial charge >= 0.3 is 5.69 Å². The quantitative estimate of drug-likeness (QED) is 0.488. The molecular weight excluding hydrogens is 426 g/mol. The lowest BCUT2D eigenvalue weighted by atomic mass is 9.98. The molecule has 0 saturated heterocycles. The molecule has 32 heavy (non-hydrogen) atoms. The van der Waals surface area contributed by atoms with Gasteiger partial charge in [-0.25, -0.2) is 14.3 Å². The predicted octanol–water partition coefficient (Wildman–Crippen LogP) is 2.52. The molecule has 1 aromatic carbocycles. The van der Waals surface area contributed by atoms with Gasteiger partial charge in [0.2, 0.25) is 5.91 Å². The second-order valence-electron chi connectivity index (χ2n) is 8.10. The Bertz CT molecular complexity index is 1380. The minimum absolute atomic E-state index is 0.277. The van der Waals surface area contributed by atoms with Gasteiger partial charge in [-0.2, -0.15) is 0 Å². The zero-order valence-corrected chi connectivity index (χ0v) is 19.2. The van der Waals surface area contributed by atoms with Crippen molar-refractivity contribution in [2.45, 2.75) is 32.4 Å². The van der Waals surface area contributed by atoms with Crippen LogP contribution in [0.4, 0.5) is 0 Å². The summed E-state index contributed by atoms with van der Waals surface area (Å²) in [5, 5.41) is 4.96. The Hall–Kier alpha value is -3.46. The molecule has 1 atom stereocenters. The highest BCUT2D eigenvalue weighted by Crippen LogP contribution is 2.27. The van der Waals surface area contributed by atoms with Crippen LogP contribution in [0.25, 0.3) is 11.2 Å². The fourth-order valence-corrected chi connectivity index (χ4v) is 4.54. The molecule has 3 heterocycles. The van der Waals surface area contributed by atoms with Crippen molar-refractivity contribution in [2.75, 3.05) is 0 Å². The van der Waals surface area contributed by atoms with Crippen molar-refractivity contribution in [1.29, 1.82) is 0 Å². The van der Waals surface area contributed by atoms with Crippen LogP contribution >= 0.6 is 11.3 Å². The molecule has 4 aromatic rings. The van der Waals surface area contributed by atoms with Gasteiger partial charge in [-0.1, -0.05) is 44.2 Å². The summed E-state index contributed by atoms with van der Waals surface area (Å²) in [6.45, 7) is 3.88. The minimum Gasteiger partial charge on any atom is -0.343 e. The van der Waals surface area contributed by atoms with Crippen molar-refractivity contribution in [3.8, 4) is 0 Å². The van der Waals surface area contributed by atoms with E-state index in [1.54, 1.807) is 11.6 Å². The van der Waals surface area contributed by atoms with E-state index in [-0.39, 0.29) is 18.1 Å². The summed E-state index contributed by atoms with van der Waals surface area (Å²) in [4.78, 5) is 43.7. The van der Waals surface area contributed by atoms with Crippen molar-refractivity contribution in [2.24, 2.45) is 14.1 Å². The zero-order valence-electron chi connectivity index (χ0n) is 18.4. The van der Waals surface area contributed by atoms with Crippen molar-refractivity contribution >= 4 is 28.4 Å². The largest absolute Gasteiger partial charge is 0.343 e. The lowest BCUT2D eigenvalue weighted by Gasteiger charge is -2.19. The van der Waals surface area contributed by atoms with Crippen molar-refractivity contribution in [3.05, 3.63) is 84.9 Å². The Morgan fingerprint density at radius 2 is 1.78 bits per heavy atom. The zero-order chi connectivity index (χ0) is 23.0. The van der Waals surface area contributed by atoms with E-state index in [1.165, 1.54) is 34.8 Å². The topological polar surface area (TPSA) is 90.9 Å². The Morgan fingerprint density at radius 3 is 2.41 bits per heavy atom. The highest BCUT2D eigenvalue weighted by Gasteiger charge is 2.21. The smallest absolute Gasteiger partial charge is 0.332 e. The van der Waals surface area contributed by atoms with Crippen LogP contribution in [0.5, 0.6) is 0 Å². The molecule has 1 N–H and O–H groups in total. The number of carbonyl (C=O) groups excluding carboxylic acids is 1. The monoisotopic (exact) mass is 451 g/mol. The fraction of sp³-hybridized carbons (Fsp3) is 0.304. The van der Waals surface area contributed by atoms with Crippen molar-refractivity contribution in [1.82, 2.24) is 24.0 Å². The maximum Gasteiger partial charge on any atom is 0.332 e. The molecule has 0 bridgehead atoms. The molecule has 8 nitrogen and oxygen atoms in total. The van der Waals surface area contributed by atoms with Crippen LogP contribution in [0.1, 0.15) is 41.8 Å². The summed E-state index contributed by atoms with van der Waals surface area (Å²) in [6.07, 6.45) is 1.48. The molecule has 0 radical (unpaired) electrons. The lowest BCUT2D eigenvalue weighted by Crippen LogP contribution is -2.44. The first-order valence-corrected chi connectivity index (χ1v) is 11.2. The van der Waals surface area contributed by atoms with Gasteiger partial charge in [0.15, 0.2) is 11.2 Å². The number of hydrogen-bond donors (Lipinski definition) is 1. The number of rotatable bonds is 6. The average molecular weight is 452 g/mol. The van der Waals surface area contributed by atoms with Gasteiger partial charge in [0, 0.05) is 19.0 Å².